The van der Waals surface area contributed by atoms with Crippen molar-refractivity contribution >= 4 is 59.7 Å². The van der Waals surface area contributed by atoms with Gasteiger partial charge in [-0.05, 0) is 42.5 Å². The molecule has 0 radical (unpaired) electrons. The molecule has 0 atom stereocenters. The number of benzene rings is 2. The van der Waals surface area contributed by atoms with E-state index in [1.165, 1.54) is 41.7 Å². The maximum Gasteiger partial charge on any atom is 0.291 e. The summed E-state index contributed by atoms with van der Waals surface area (Å²) in [6.45, 7) is 0.830. The Bertz CT molecular complexity index is 1470. The van der Waals surface area contributed by atoms with Crippen LogP contribution in [-0.4, -0.2) is 70.7 Å². The lowest BCUT2D eigenvalue weighted by Gasteiger charge is -2.26. The summed E-state index contributed by atoms with van der Waals surface area (Å²) in [5.74, 6) is -0.458. The average molecular weight is 574 g/mol. The van der Waals surface area contributed by atoms with Gasteiger partial charge in [-0.25, -0.2) is 8.42 Å². The predicted molar refractivity (Wildman–Crippen MR) is 133 cm³/mol. The summed E-state index contributed by atoms with van der Waals surface area (Å²) in [5.41, 5.74) is 0.272. The number of sulfonamides is 2. The number of carbonyl (C=O) groups excluding carboxylic acids is 1. The molecule has 1 amide bonds. The van der Waals surface area contributed by atoms with E-state index in [4.69, 9.17) is 21.1 Å². The van der Waals surface area contributed by atoms with Crippen LogP contribution in [0.2, 0.25) is 5.02 Å². The first-order valence-electron chi connectivity index (χ1n) is 10.3. The van der Waals surface area contributed by atoms with Gasteiger partial charge in [0.1, 0.15) is 10.6 Å². The van der Waals surface area contributed by atoms with Crippen LogP contribution in [0.25, 0.3) is 0 Å². The Morgan fingerprint density at radius 2 is 1.78 bits per heavy atom. The zero-order valence-corrected chi connectivity index (χ0v) is 21.9. The van der Waals surface area contributed by atoms with Crippen molar-refractivity contribution in [2.45, 2.75) is 9.24 Å². The molecule has 0 saturated carbocycles. The smallest absolute Gasteiger partial charge is 0.291 e. The van der Waals surface area contributed by atoms with E-state index < -0.39 is 30.3 Å². The fourth-order valence-electron chi connectivity index (χ4n) is 3.21. The molecule has 1 aliphatic rings. The van der Waals surface area contributed by atoms with Gasteiger partial charge in [-0.1, -0.05) is 22.9 Å². The van der Waals surface area contributed by atoms with E-state index in [9.17, 15) is 21.6 Å². The van der Waals surface area contributed by atoms with Gasteiger partial charge >= 0.3 is 0 Å². The van der Waals surface area contributed by atoms with Crippen molar-refractivity contribution in [3.63, 3.8) is 0 Å². The predicted octanol–water partition coefficient (Wildman–Crippen LogP) is 2.27. The number of nitrogens with zero attached hydrogens (tertiary/aromatic N) is 3. The molecule has 1 saturated heterocycles. The molecular weight excluding hydrogens is 554 g/mol. The number of anilines is 2. The summed E-state index contributed by atoms with van der Waals surface area (Å²) >= 11 is 6.44. The van der Waals surface area contributed by atoms with Crippen LogP contribution in [0.15, 0.2) is 51.7 Å². The number of hydrogen-bond acceptors (Lipinski definition) is 10. The zero-order valence-electron chi connectivity index (χ0n) is 18.7. The number of aromatic nitrogens is 2. The number of halogens is 1. The molecule has 0 spiro atoms. The van der Waals surface area contributed by atoms with Crippen molar-refractivity contribution in [3.8, 4) is 5.75 Å². The Morgan fingerprint density at radius 1 is 1.08 bits per heavy atom. The van der Waals surface area contributed by atoms with Crippen LogP contribution in [0.4, 0.5) is 10.8 Å². The van der Waals surface area contributed by atoms with E-state index in [-0.39, 0.29) is 47.8 Å². The number of hydrogen-bond donors (Lipinski definition) is 2. The van der Waals surface area contributed by atoms with Crippen LogP contribution >= 0.6 is 22.9 Å². The molecule has 36 heavy (non-hydrogen) atoms. The van der Waals surface area contributed by atoms with Gasteiger partial charge in [-0.2, -0.15) is 12.7 Å². The average Bonchev–Trinajstić information content (AvgIpc) is 3.34. The van der Waals surface area contributed by atoms with Crippen molar-refractivity contribution in [1.82, 2.24) is 14.5 Å². The SMILES string of the molecule is COc1ccc(NS(=O)(=O)c2nnc(NC(=O)c3ccc(Cl)cc3)s2)cc1S(=O)(=O)N1CCOCC1. The lowest BCUT2D eigenvalue weighted by atomic mass is 10.2. The second kappa shape index (κ2) is 10.7. The van der Waals surface area contributed by atoms with Crippen LogP contribution in [0, 0.1) is 0 Å². The Labute approximate surface area is 216 Å². The summed E-state index contributed by atoms with van der Waals surface area (Å²) in [4.78, 5) is 12.1. The van der Waals surface area contributed by atoms with Crippen molar-refractivity contribution in [1.29, 1.82) is 0 Å². The maximum absolute atomic E-state index is 13.1. The highest BCUT2D eigenvalue weighted by Gasteiger charge is 2.30. The second-order valence-electron chi connectivity index (χ2n) is 7.32. The normalized spacial score (nSPS) is 14.8. The third-order valence-electron chi connectivity index (χ3n) is 4.97. The van der Waals surface area contributed by atoms with Crippen molar-refractivity contribution in [2.24, 2.45) is 0 Å². The van der Waals surface area contributed by atoms with Gasteiger partial charge in [0.05, 0.1) is 26.0 Å². The summed E-state index contributed by atoms with van der Waals surface area (Å²) in [6.07, 6.45) is 0. The van der Waals surface area contributed by atoms with Crippen LogP contribution in [0.5, 0.6) is 5.75 Å². The highest BCUT2D eigenvalue weighted by molar-refractivity contribution is 7.94. The zero-order chi connectivity index (χ0) is 25.9. The van der Waals surface area contributed by atoms with Gasteiger partial charge in [-0.3, -0.25) is 14.8 Å². The summed E-state index contributed by atoms with van der Waals surface area (Å²) in [5, 5.41) is 10.2. The number of rotatable bonds is 8. The van der Waals surface area contributed by atoms with E-state index >= 15 is 0 Å². The Morgan fingerprint density at radius 3 is 2.44 bits per heavy atom. The van der Waals surface area contributed by atoms with Crippen molar-refractivity contribution in [3.05, 3.63) is 53.1 Å². The van der Waals surface area contributed by atoms with Gasteiger partial charge in [0, 0.05) is 23.7 Å². The van der Waals surface area contributed by atoms with Crippen LogP contribution in [0.3, 0.4) is 0 Å². The molecule has 12 nitrogen and oxygen atoms in total. The lowest BCUT2D eigenvalue weighted by Crippen LogP contribution is -2.40. The van der Waals surface area contributed by atoms with Crippen LogP contribution in [-0.2, 0) is 24.8 Å². The first-order chi connectivity index (χ1) is 17.1. The van der Waals surface area contributed by atoms with E-state index in [0.29, 0.717) is 21.9 Å². The number of carbonyl (C=O) groups is 1. The van der Waals surface area contributed by atoms with Gasteiger partial charge in [-0.15, -0.1) is 10.2 Å². The molecule has 1 aromatic heterocycles. The number of morpholine rings is 1. The minimum Gasteiger partial charge on any atom is -0.495 e. The van der Waals surface area contributed by atoms with Crippen molar-refractivity contribution < 1.29 is 31.1 Å². The van der Waals surface area contributed by atoms with E-state index in [1.54, 1.807) is 12.1 Å². The quantitative estimate of drug-likeness (QED) is 0.386. The number of methoxy groups -OCH3 is 1. The molecule has 4 rings (SSSR count). The molecule has 0 bridgehead atoms. The number of amides is 1. The fraction of sp³-hybridized carbons (Fsp3) is 0.250. The third kappa shape index (κ3) is 5.77. The molecule has 0 aliphatic carbocycles. The topological polar surface area (TPSA) is 157 Å². The summed E-state index contributed by atoms with van der Waals surface area (Å²) in [7, 11) is -6.90. The minimum absolute atomic E-state index is 0.0235. The highest BCUT2D eigenvalue weighted by atomic mass is 35.5. The van der Waals surface area contributed by atoms with Crippen LogP contribution in [0.1, 0.15) is 10.4 Å². The fourth-order valence-corrected chi connectivity index (χ4v) is 6.87. The van der Waals surface area contributed by atoms with Crippen LogP contribution < -0.4 is 14.8 Å². The summed E-state index contributed by atoms with van der Waals surface area (Å²) < 4.78 is 65.6. The highest BCUT2D eigenvalue weighted by Crippen LogP contribution is 2.31. The Balaban J connectivity index is 1.54. The largest absolute Gasteiger partial charge is 0.495 e. The number of nitrogens with one attached hydrogen (secondary N) is 2. The van der Waals surface area contributed by atoms with E-state index in [0.717, 1.165) is 0 Å². The first-order valence-corrected chi connectivity index (χ1v) is 14.4. The summed E-state index contributed by atoms with van der Waals surface area (Å²) in [6, 6.07) is 9.97. The monoisotopic (exact) mass is 573 g/mol. The molecular formula is C20H20ClN5O7S3. The third-order valence-corrected chi connectivity index (χ3v) is 9.73. The molecule has 192 valence electrons. The molecule has 2 heterocycles. The molecule has 2 N–H and O–H groups in total. The van der Waals surface area contributed by atoms with Gasteiger partial charge < -0.3 is 9.47 Å². The second-order valence-corrected chi connectivity index (χ2v) is 12.5. The van der Waals surface area contributed by atoms with Gasteiger partial charge in [0.25, 0.3) is 20.3 Å². The van der Waals surface area contributed by atoms with Crippen molar-refractivity contribution in [2.75, 3.05) is 43.5 Å². The first kappa shape index (κ1) is 26.2. The number of ether oxygens (including phenoxy) is 2. The standard InChI is InChI=1S/C20H20ClN5O7S3/c1-32-16-7-6-15(12-17(16)36(30,31)26-8-10-33-11-9-26)25-35(28,29)20-24-23-19(34-20)22-18(27)13-2-4-14(21)5-3-13/h2-7,12,25H,8-11H2,1H3,(H,22,23,27). The lowest BCUT2D eigenvalue weighted by molar-refractivity contribution is 0.0729. The van der Waals surface area contributed by atoms with E-state index in [1.807, 2.05) is 0 Å². The molecule has 1 fully saturated rings. The van der Waals surface area contributed by atoms with Gasteiger partial charge in [0.15, 0.2) is 0 Å². The molecule has 0 unspecified atom stereocenters. The molecule has 2 aromatic carbocycles. The minimum atomic E-state index is -4.25. The molecule has 1 aliphatic heterocycles. The molecule has 3 aromatic rings. The molecule has 16 heteroatoms. The van der Waals surface area contributed by atoms with E-state index in [2.05, 4.69) is 20.2 Å². The Hall–Kier alpha value is -2.82. The van der Waals surface area contributed by atoms with Gasteiger partial charge in [0.2, 0.25) is 15.2 Å². The maximum atomic E-state index is 13.1. The Kier molecular flexibility index (Phi) is 7.77.